The number of rotatable bonds is 6. The molecule has 0 saturated heterocycles. The summed E-state index contributed by atoms with van der Waals surface area (Å²) < 4.78 is 18.1. The van der Waals surface area contributed by atoms with E-state index >= 15 is 0 Å². The molecule has 1 unspecified atom stereocenters. The molecule has 0 saturated carbocycles. The van der Waals surface area contributed by atoms with Gasteiger partial charge in [-0.25, -0.2) is 4.79 Å². The highest BCUT2D eigenvalue weighted by molar-refractivity contribution is 6.10. The number of carbonyl (C=O) groups is 1. The number of nitriles is 1. The van der Waals surface area contributed by atoms with Crippen LogP contribution in [0.15, 0.2) is 42.6 Å². The molecule has 0 bridgehead atoms. The molecule has 1 atom stereocenters. The van der Waals surface area contributed by atoms with Gasteiger partial charge in [0.05, 0.1) is 29.9 Å². The molecule has 194 valence electrons. The molecule has 38 heavy (non-hydrogen) atoms. The number of pyridine rings is 1. The van der Waals surface area contributed by atoms with Crippen LogP contribution >= 0.6 is 0 Å². The number of aliphatic carboxylic acids is 1. The summed E-state index contributed by atoms with van der Waals surface area (Å²) in [6.45, 7) is 10.2. The molecule has 0 amide bonds. The van der Waals surface area contributed by atoms with Gasteiger partial charge in [0.25, 0.3) is 0 Å². The fourth-order valence-electron chi connectivity index (χ4n) is 5.30. The van der Waals surface area contributed by atoms with E-state index in [0.717, 1.165) is 50.5 Å². The van der Waals surface area contributed by atoms with Crippen LogP contribution in [0, 0.1) is 18.3 Å². The minimum absolute atomic E-state index is 0.384. The topological polar surface area (TPSA) is 102 Å². The van der Waals surface area contributed by atoms with Crippen LogP contribution in [0.25, 0.3) is 32.8 Å². The van der Waals surface area contributed by atoms with E-state index in [0.29, 0.717) is 35.7 Å². The number of nitrogens with zero attached hydrogens (tertiary/aromatic N) is 2. The maximum absolute atomic E-state index is 12.7. The Morgan fingerprint density at radius 1 is 1.21 bits per heavy atom. The van der Waals surface area contributed by atoms with E-state index < -0.39 is 17.7 Å². The van der Waals surface area contributed by atoms with Crippen LogP contribution in [0.3, 0.4) is 0 Å². The van der Waals surface area contributed by atoms with Crippen LogP contribution in [0.4, 0.5) is 0 Å². The Balaban J connectivity index is 1.96. The maximum atomic E-state index is 12.7. The molecule has 1 aromatic heterocycles. The highest BCUT2D eigenvalue weighted by Crippen LogP contribution is 2.47. The second-order valence-corrected chi connectivity index (χ2v) is 10.4. The lowest BCUT2D eigenvalue weighted by molar-refractivity contribution is -0.160. The highest BCUT2D eigenvalue weighted by Gasteiger charge is 2.33. The van der Waals surface area contributed by atoms with Gasteiger partial charge >= 0.3 is 5.97 Å². The quantitative estimate of drug-likeness (QED) is 0.315. The van der Waals surface area contributed by atoms with Crippen molar-refractivity contribution in [1.82, 2.24) is 4.98 Å². The zero-order valence-electron chi connectivity index (χ0n) is 22.2. The summed E-state index contributed by atoms with van der Waals surface area (Å²) in [5.74, 6) is 0.159. The van der Waals surface area contributed by atoms with Crippen LogP contribution in [0.5, 0.6) is 11.5 Å². The zero-order chi connectivity index (χ0) is 27.2. The van der Waals surface area contributed by atoms with Gasteiger partial charge in [0, 0.05) is 34.5 Å². The lowest BCUT2D eigenvalue weighted by Crippen LogP contribution is -2.28. The molecule has 5 rings (SSSR count). The van der Waals surface area contributed by atoms with E-state index in [2.05, 4.69) is 6.07 Å². The van der Waals surface area contributed by atoms with E-state index in [1.165, 1.54) is 0 Å². The van der Waals surface area contributed by atoms with Gasteiger partial charge in [-0.2, -0.15) is 5.26 Å². The predicted molar refractivity (Wildman–Crippen MR) is 146 cm³/mol. The first-order valence-corrected chi connectivity index (χ1v) is 12.7. The third-order valence-electron chi connectivity index (χ3n) is 6.73. The number of fused-ring (bicyclic) bond motifs is 1. The number of aromatic nitrogens is 1. The van der Waals surface area contributed by atoms with Crippen molar-refractivity contribution in [3.63, 3.8) is 0 Å². The number of hydrogen-bond acceptors (Lipinski definition) is 6. The molecular weight excluding hydrogens is 480 g/mol. The minimum atomic E-state index is -1.23. The van der Waals surface area contributed by atoms with Crippen molar-refractivity contribution in [1.29, 1.82) is 5.26 Å². The lowest BCUT2D eigenvalue weighted by Gasteiger charge is -2.29. The molecule has 1 N–H and O–H groups in total. The second kappa shape index (κ2) is 9.62. The normalized spacial score (nSPS) is 13.7. The number of carboxylic acid groups (broad SMARTS) is 1. The first-order chi connectivity index (χ1) is 18.1. The SMILES string of the molecule is CCOc1c(C#N)ccc2c(-c3ccc4c5c(ccnc35)CCO4)c(C(OC(C)(C)C)C(=O)O)c(C)cc12. The molecule has 0 spiro atoms. The van der Waals surface area contributed by atoms with Gasteiger partial charge in [-0.3, -0.25) is 4.98 Å². The molecule has 4 aromatic rings. The van der Waals surface area contributed by atoms with Gasteiger partial charge < -0.3 is 19.3 Å². The van der Waals surface area contributed by atoms with Gasteiger partial charge in [0.2, 0.25) is 0 Å². The van der Waals surface area contributed by atoms with Crippen molar-refractivity contribution in [3.8, 4) is 28.7 Å². The fourth-order valence-corrected chi connectivity index (χ4v) is 5.30. The van der Waals surface area contributed by atoms with Gasteiger partial charge in [0.1, 0.15) is 17.6 Å². The zero-order valence-corrected chi connectivity index (χ0v) is 22.2. The second-order valence-electron chi connectivity index (χ2n) is 10.4. The summed E-state index contributed by atoms with van der Waals surface area (Å²) >= 11 is 0. The van der Waals surface area contributed by atoms with E-state index in [4.69, 9.17) is 19.2 Å². The molecule has 1 aliphatic rings. The van der Waals surface area contributed by atoms with Crippen molar-refractivity contribution < 1.29 is 24.1 Å². The number of carboxylic acids is 1. The average Bonchev–Trinajstić information content (AvgIpc) is 2.87. The van der Waals surface area contributed by atoms with Crippen LogP contribution in [0.2, 0.25) is 0 Å². The average molecular weight is 511 g/mol. The molecule has 7 nitrogen and oxygen atoms in total. The molecule has 3 aromatic carbocycles. The standard InChI is InChI=1S/C31H30N2O5/c1-6-36-28-19(16-32)7-8-20-22(28)15-17(2)24(29(30(34)35)38-31(3,4)5)26(20)21-9-10-23-25-18(12-14-37-23)11-13-33-27(21)25/h7-11,13,15,29H,6,12,14H2,1-5H3,(H,34,35). The monoisotopic (exact) mass is 510 g/mol. The van der Waals surface area contributed by atoms with E-state index in [9.17, 15) is 15.2 Å². The highest BCUT2D eigenvalue weighted by atomic mass is 16.5. The molecule has 1 aliphatic heterocycles. The summed E-state index contributed by atoms with van der Waals surface area (Å²) in [6, 6.07) is 13.6. The molecule has 0 radical (unpaired) electrons. The number of benzene rings is 3. The summed E-state index contributed by atoms with van der Waals surface area (Å²) in [5.41, 5.74) is 4.31. The van der Waals surface area contributed by atoms with Gasteiger partial charge in [0.15, 0.2) is 6.10 Å². The number of hydrogen-bond donors (Lipinski definition) is 1. The Morgan fingerprint density at radius 3 is 2.68 bits per heavy atom. The Hall–Kier alpha value is -4.15. The fraction of sp³-hybridized carbons (Fsp3) is 0.323. The van der Waals surface area contributed by atoms with Crippen LogP contribution in [-0.2, 0) is 16.0 Å². The van der Waals surface area contributed by atoms with E-state index in [1.807, 2.05) is 65.0 Å². The summed E-state index contributed by atoms with van der Waals surface area (Å²) in [4.78, 5) is 17.5. The largest absolute Gasteiger partial charge is 0.493 e. The van der Waals surface area contributed by atoms with Gasteiger partial charge in [-0.05, 0) is 87.0 Å². The first-order valence-electron chi connectivity index (χ1n) is 12.7. The van der Waals surface area contributed by atoms with Crippen molar-refractivity contribution in [3.05, 3.63) is 64.8 Å². The molecule has 2 heterocycles. The molecule has 7 heteroatoms. The molecular formula is C31H30N2O5. The Morgan fingerprint density at radius 2 is 2.00 bits per heavy atom. The molecule has 0 fully saturated rings. The Kier molecular flexibility index (Phi) is 6.46. The number of aryl methyl sites for hydroxylation is 1. The van der Waals surface area contributed by atoms with Gasteiger partial charge in [-0.15, -0.1) is 0 Å². The van der Waals surface area contributed by atoms with Crippen LogP contribution in [-0.4, -0.2) is 34.9 Å². The van der Waals surface area contributed by atoms with E-state index in [-0.39, 0.29) is 0 Å². The number of ether oxygens (including phenoxy) is 3. The first kappa shape index (κ1) is 25.5. The van der Waals surface area contributed by atoms with Crippen molar-refractivity contribution in [2.45, 2.75) is 52.7 Å². The third-order valence-corrected chi connectivity index (χ3v) is 6.73. The lowest BCUT2D eigenvalue weighted by atomic mass is 9.85. The smallest absolute Gasteiger partial charge is 0.337 e. The summed E-state index contributed by atoms with van der Waals surface area (Å²) in [5, 5.41) is 22.6. The predicted octanol–water partition coefficient (Wildman–Crippen LogP) is 6.51. The molecule has 0 aliphatic carbocycles. The minimum Gasteiger partial charge on any atom is -0.493 e. The summed E-state index contributed by atoms with van der Waals surface area (Å²) in [7, 11) is 0. The van der Waals surface area contributed by atoms with Crippen molar-refractivity contribution in [2.24, 2.45) is 0 Å². The van der Waals surface area contributed by atoms with E-state index in [1.54, 1.807) is 12.3 Å². The van der Waals surface area contributed by atoms with Gasteiger partial charge in [-0.1, -0.05) is 6.07 Å². The van der Waals surface area contributed by atoms with Crippen molar-refractivity contribution in [2.75, 3.05) is 13.2 Å². The van der Waals surface area contributed by atoms with Crippen molar-refractivity contribution >= 4 is 27.6 Å². The maximum Gasteiger partial charge on any atom is 0.337 e. The third kappa shape index (κ3) is 4.31. The Labute approximate surface area is 221 Å². The summed E-state index contributed by atoms with van der Waals surface area (Å²) in [6.07, 6.45) is 1.32. The Bertz CT molecular complexity index is 1620. The van der Waals surface area contributed by atoms with Crippen LogP contribution in [0.1, 0.15) is 56.1 Å². The van der Waals surface area contributed by atoms with Crippen LogP contribution < -0.4 is 9.47 Å².